The molecule has 0 saturated carbocycles. The van der Waals surface area contributed by atoms with E-state index in [4.69, 9.17) is 25.6 Å². The molecule has 1 aromatic heterocycles. The van der Waals surface area contributed by atoms with Crippen LogP contribution in [0.1, 0.15) is 11.3 Å². The van der Waals surface area contributed by atoms with Crippen molar-refractivity contribution in [2.75, 3.05) is 13.2 Å². The summed E-state index contributed by atoms with van der Waals surface area (Å²) in [6.07, 6.45) is 0.282. The number of nitrogens with one attached hydrogen (secondary N) is 1. The smallest absolute Gasteiger partial charge is 0.224 e. The van der Waals surface area contributed by atoms with Crippen molar-refractivity contribution < 1.29 is 18.8 Å². The average molecular weight is 385 g/mol. The summed E-state index contributed by atoms with van der Waals surface area (Å²) in [6.45, 7) is 1.37. The fraction of sp³-hybridized carbons (Fsp3) is 0.200. The number of halogens is 1. The van der Waals surface area contributed by atoms with Crippen LogP contribution in [0.25, 0.3) is 11.3 Å². The molecule has 7 heteroatoms. The fourth-order valence-corrected chi connectivity index (χ4v) is 2.89. The Hall–Kier alpha value is -2.99. The van der Waals surface area contributed by atoms with Crippen molar-refractivity contribution in [1.29, 1.82) is 0 Å². The maximum atomic E-state index is 12.1. The second-order valence-electron chi connectivity index (χ2n) is 6.12. The summed E-state index contributed by atoms with van der Waals surface area (Å²) in [4.78, 5) is 12.1. The third-order valence-electron chi connectivity index (χ3n) is 4.13. The van der Waals surface area contributed by atoms with E-state index < -0.39 is 0 Å². The zero-order chi connectivity index (χ0) is 18.6. The van der Waals surface area contributed by atoms with Crippen molar-refractivity contribution in [3.8, 4) is 22.8 Å². The van der Waals surface area contributed by atoms with E-state index in [1.54, 1.807) is 18.2 Å². The number of carbonyl (C=O) groups excluding carboxylic acids is 1. The maximum absolute atomic E-state index is 12.1. The molecule has 1 aliphatic heterocycles. The normalized spacial score (nSPS) is 12.6. The van der Waals surface area contributed by atoms with Crippen molar-refractivity contribution in [2.45, 2.75) is 13.0 Å². The Morgan fingerprint density at radius 1 is 1.04 bits per heavy atom. The minimum Gasteiger partial charge on any atom is -0.486 e. The number of ether oxygens (including phenoxy) is 2. The van der Waals surface area contributed by atoms with Crippen LogP contribution in [0.15, 0.2) is 53.1 Å². The summed E-state index contributed by atoms with van der Waals surface area (Å²) >= 11 is 5.85. The Kier molecular flexibility index (Phi) is 4.98. The number of benzene rings is 2. The molecule has 0 unspecified atom stereocenters. The lowest BCUT2D eigenvalue weighted by Crippen LogP contribution is -2.24. The van der Waals surface area contributed by atoms with Crippen LogP contribution in [0.2, 0.25) is 5.02 Å². The van der Waals surface area contributed by atoms with Gasteiger partial charge in [-0.25, -0.2) is 0 Å². The highest BCUT2D eigenvalue weighted by molar-refractivity contribution is 6.30. The van der Waals surface area contributed by atoms with Gasteiger partial charge in [-0.1, -0.05) is 28.9 Å². The Morgan fingerprint density at radius 2 is 1.81 bits per heavy atom. The van der Waals surface area contributed by atoms with Crippen LogP contribution >= 0.6 is 11.6 Å². The first-order valence-corrected chi connectivity index (χ1v) is 8.92. The molecule has 0 radical (unpaired) electrons. The van der Waals surface area contributed by atoms with E-state index in [0.29, 0.717) is 42.0 Å². The molecule has 2 aromatic carbocycles. The van der Waals surface area contributed by atoms with E-state index in [1.165, 1.54) is 0 Å². The van der Waals surface area contributed by atoms with E-state index in [2.05, 4.69) is 10.5 Å². The molecule has 0 bridgehead atoms. The lowest BCUT2D eigenvalue weighted by atomic mass is 10.1. The number of carbonyl (C=O) groups is 1. The molecule has 2 heterocycles. The number of hydrogen-bond donors (Lipinski definition) is 1. The SMILES string of the molecule is O=C(Cc1ccc(Cl)cc1)NCc1cc(-c2ccc3c(c2)OCCO3)on1. The quantitative estimate of drug-likeness (QED) is 0.727. The highest BCUT2D eigenvalue weighted by Crippen LogP contribution is 2.34. The van der Waals surface area contributed by atoms with Crippen molar-refractivity contribution in [3.05, 3.63) is 64.8 Å². The van der Waals surface area contributed by atoms with Crippen molar-refractivity contribution >= 4 is 17.5 Å². The molecular weight excluding hydrogens is 368 g/mol. The van der Waals surface area contributed by atoms with Crippen LogP contribution in [0.4, 0.5) is 0 Å². The Bertz CT molecular complexity index is 953. The lowest BCUT2D eigenvalue weighted by Gasteiger charge is -2.18. The first-order valence-electron chi connectivity index (χ1n) is 8.54. The van der Waals surface area contributed by atoms with Gasteiger partial charge in [-0.05, 0) is 35.9 Å². The highest BCUT2D eigenvalue weighted by Gasteiger charge is 2.15. The Morgan fingerprint density at radius 3 is 2.63 bits per heavy atom. The van der Waals surface area contributed by atoms with Gasteiger partial charge in [-0.15, -0.1) is 0 Å². The zero-order valence-electron chi connectivity index (χ0n) is 14.4. The fourth-order valence-electron chi connectivity index (χ4n) is 2.77. The van der Waals surface area contributed by atoms with Gasteiger partial charge in [-0.3, -0.25) is 4.79 Å². The van der Waals surface area contributed by atoms with Gasteiger partial charge in [0.25, 0.3) is 0 Å². The van der Waals surface area contributed by atoms with Gasteiger partial charge in [0.15, 0.2) is 17.3 Å². The predicted molar refractivity (Wildman–Crippen MR) is 99.9 cm³/mol. The van der Waals surface area contributed by atoms with Crippen LogP contribution in [-0.2, 0) is 17.8 Å². The molecule has 1 amide bonds. The second kappa shape index (κ2) is 7.72. The van der Waals surface area contributed by atoms with Gasteiger partial charge in [0, 0.05) is 16.7 Å². The number of aromatic nitrogens is 1. The number of nitrogens with zero attached hydrogens (tertiary/aromatic N) is 1. The first kappa shape index (κ1) is 17.4. The van der Waals surface area contributed by atoms with E-state index >= 15 is 0 Å². The van der Waals surface area contributed by atoms with Crippen LogP contribution in [0, 0.1) is 0 Å². The van der Waals surface area contributed by atoms with E-state index in [9.17, 15) is 4.79 Å². The molecule has 0 fully saturated rings. The van der Waals surface area contributed by atoms with Gasteiger partial charge in [-0.2, -0.15) is 0 Å². The van der Waals surface area contributed by atoms with Crippen molar-refractivity contribution in [3.63, 3.8) is 0 Å². The van der Waals surface area contributed by atoms with E-state index in [0.717, 1.165) is 16.9 Å². The Labute approximate surface area is 161 Å². The number of rotatable bonds is 5. The topological polar surface area (TPSA) is 73.6 Å². The van der Waals surface area contributed by atoms with Gasteiger partial charge >= 0.3 is 0 Å². The zero-order valence-corrected chi connectivity index (χ0v) is 15.2. The van der Waals surface area contributed by atoms with Crippen molar-refractivity contribution in [1.82, 2.24) is 10.5 Å². The summed E-state index contributed by atoms with van der Waals surface area (Å²) in [5.41, 5.74) is 2.38. The summed E-state index contributed by atoms with van der Waals surface area (Å²) in [6, 6.07) is 14.6. The molecule has 0 spiro atoms. The third kappa shape index (κ3) is 4.23. The number of fused-ring (bicyclic) bond motifs is 1. The van der Waals surface area contributed by atoms with Crippen LogP contribution in [-0.4, -0.2) is 24.3 Å². The molecule has 27 heavy (non-hydrogen) atoms. The number of amides is 1. The lowest BCUT2D eigenvalue weighted by molar-refractivity contribution is -0.120. The average Bonchev–Trinajstić information content (AvgIpc) is 3.17. The number of hydrogen-bond acceptors (Lipinski definition) is 5. The molecule has 1 aliphatic rings. The molecule has 0 aliphatic carbocycles. The molecule has 1 N–H and O–H groups in total. The molecular formula is C20H17ClN2O4. The van der Waals surface area contributed by atoms with Gasteiger partial charge in [0.2, 0.25) is 5.91 Å². The molecule has 138 valence electrons. The molecule has 0 atom stereocenters. The molecule has 4 rings (SSSR count). The van der Waals surface area contributed by atoms with Gasteiger partial charge in [0.1, 0.15) is 18.9 Å². The van der Waals surface area contributed by atoms with Crippen LogP contribution in [0.3, 0.4) is 0 Å². The van der Waals surface area contributed by atoms with E-state index in [-0.39, 0.29) is 12.3 Å². The highest BCUT2D eigenvalue weighted by atomic mass is 35.5. The maximum Gasteiger partial charge on any atom is 0.224 e. The van der Waals surface area contributed by atoms with Crippen LogP contribution in [0.5, 0.6) is 11.5 Å². The predicted octanol–water partition coefficient (Wildman–Crippen LogP) is 3.63. The third-order valence-corrected chi connectivity index (χ3v) is 4.38. The largest absolute Gasteiger partial charge is 0.486 e. The minimum atomic E-state index is -0.0961. The monoisotopic (exact) mass is 384 g/mol. The summed E-state index contributed by atoms with van der Waals surface area (Å²) in [7, 11) is 0. The summed E-state index contributed by atoms with van der Waals surface area (Å²) in [5, 5.41) is 7.50. The van der Waals surface area contributed by atoms with Crippen molar-refractivity contribution in [2.24, 2.45) is 0 Å². The molecule has 3 aromatic rings. The van der Waals surface area contributed by atoms with Crippen LogP contribution < -0.4 is 14.8 Å². The minimum absolute atomic E-state index is 0.0961. The van der Waals surface area contributed by atoms with Gasteiger partial charge in [0.05, 0.1) is 13.0 Å². The molecule has 6 nitrogen and oxygen atoms in total. The second-order valence-corrected chi connectivity index (χ2v) is 6.56. The molecule has 0 saturated heterocycles. The van der Waals surface area contributed by atoms with E-state index in [1.807, 2.05) is 30.3 Å². The Balaban J connectivity index is 1.36. The summed E-state index contributed by atoms with van der Waals surface area (Å²) in [5.74, 6) is 1.92. The summed E-state index contributed by atoms with van der Waals surface area (Å²) < 4.78 is 16.5. The standard InChI is InChI=1S/C20H17ClN2O4/c21-15-4-1-13(2-5-15)9-20(24)22-12-16-11-18(27-23-16)14-3-6-17-19(10-14)26-8-7-25-17/h1-6,10-11H,7-9,12H2,(H,22,24). The van der Waals surface area contributed by atoms with Gasteiger partial charge < -0.3 is 19.3 Å². The first-order chi connectivity index (χ1) is 13.2.